The van der Waals surface area contributed by atoms with Crippen molar-refractivity contribution in [2.75, 3.05) is 14.2 Å². The molecule has 0 aliphatic heterocycles. The quantitative estimate of drug-likeness (QED) is 0.553. The Balaban J connectivity index is 1.59. The molecule has 0 radical (unpaired) electrons. The molecule has 0 atom stereocenters. The highest BCUT2D eigenvalue weighted by molar-refractivity contribution is 5.80. The molecule has 7 heteroatoms. The maximum Gasteiger partial charge on any atom is 0.318 e. The first-order valence-electron chi connectivity index (χ1n) is 11.4. The summed E-state index contributed by atoms with van der Waals surface area (Å²) in [4.78, 5) is 30.7. The van der Waals surface area contributed by atoms with Gasteiger partial charge >= 0.3 is 6.03 Å². The van der Waals surface area contributed by atoms with Crippen molar-refractivity contribution in [1.82, 2.24) is 15.2 Å². The van der Waals surface area contributed by atoms with Gasteiger partial charge in [-0.25, -0.2) is 4.79 Å². The number of carbonyl (C=O) groups is 1. The number of H-pyrrole nitrogens is 1. The first-order valence-corrected chi connectivity index (χ1v) is 11.4. The molecule has 33 heavy (non-hydrogen) atoms. The van der Waals surface area contributed by atoms with E-state index in [2.05, 4.69) is 10.3 Å². The maximum atomic E-state index is 13.3. The molecular weight excluding hydrogens is 418 g/mol. The molecule has 2 N–H and O–H groups in total. The fourth-order valence-corrected chi connectivity index (χ4v) is 4.34. The predicted octanol–water partition coefficient (Wildman–Crippen LogP) is 4.59. The third-order valence-corrected chi connectivity index (χ3v) is 6.24. The van der Waals surface area contributed by atoms with Gasteiger partial charge in [-0.1, -0.05) is 31.4 Å². The van der Waals surface area contributed by atoms with Gasteiger partial charge in [-0.3, -0.25) is 4.79 Å². The predicted molar refractivity (Wildman–Crippen MR) is 129 cm³/mol. The van der Waals surface area contributed by atoms with Crippen LogP contribution in [-0.4, -0.2) is 36.2 Å². The minimum Gasteiger partial charge on any atom is -0.497 e. The fourth-order valence-electron chi connectivity index (χ4n) is 4.34. The molecule has 3 aromatic rings. The van der Waals surface area contributed by atoms with Crippen molar-refractivity contribution < 1.29 is 14.3 Å². The summed E-state index contributed by atoms with van der Waals surface area (Å²) in [5.41, 5.74) is 2.01. The lowest BCUT2D eigenvalue weighted by atomic mass is 9.96. The summed E-state index contributed by atoms with van der Waals surface area (Å²) in [6.07, 6.45) is 5.49. The van der Waals surface area contributed by atoms with E-state index in [4.69, 9.17) is 9.47 Å². The number of methoxy groups -OCH3 is 2. The molecule has 1 heterocycles. The smallest absolute Gasteiger partial charge is 0.318 e. The van der Waals surface area contributed by atoms with Crippen molar-refractivity contribution in [3.05, 3.63) is 70.0 Å². The fraction of sp³-hybridized carbons (Fsp3) is 0.385. The molecule has 7 nitrogen and oxygen atoms in total. The van der Waals surface area contributed by atoms with Crippen molar-refractivity contribution in [1.29, 1.82) is 0 Å². The van der Waals surface area contributed by atoms with Crippen molar-refractivity contribution in [3.63, 3.8) is 0 Å². The van der Waals surface area contributed by atoms with Crippen molar-refractivity contribution in [2.45, 2.75) is 51.2 Å². The number of amides is 2. The average molecular weight is 450 g/mol. The Morgan fingerprint density at radius 3 is 2.36 bits per heavy atom. The van der Waals surface area contributed by atoms with E-state index in [1.54, 1.807) is 25.2 Å². The third kappa shape index (κ3) is 5.66. The van der Waals surface area contributed by atoms with Crippen LogP contribution in [-0.2, 0) is 13.1 Å². The van der Waals surface area contributed by atoms with Crippen molar-refractivity contribution >= 4 is 16.9 Å². The summed E-state index contributed by atoms with van der Waals surface area (Å²) >= 11 is 0. The number of benzene rings is 2. The summed E-state index contributed by atoms with van der Waals surface area (Å²) in [5, 5.41) is 4.08. The van der Waals surface area contributed by atoms with Crippen LogP contribution in [0.4, 0.5) is 4.79 Å². The van der Waals surface area contributed by atoms with Gasteiger partial charge in [0, 0.05) is 24.2 Å². The van der Waals surface area contributed by atoms with Crippen LogP contribution in [0, 0.1) is 0 Å². The van der Waals surface area contributed by atoms with Crippen LogP contribution in [0.15, 0.2) is 53.3 Å². The molecule has 0 saturated heterocycles. The molecule has 2 amide bonds. The second-order valence-corrected chi connectivity index (χ2v) is 8.57. The maximum absolute atomic E-state index is 13.3. The summed E-state index contributed by atoms with van der Waals surface area (Å²) in [7, 11) is 3.22. The lowest BCUT2D eigenvalue weighted by Crippen LogP contribution is -2.45. The Kier molecular flexibility index (Phi) is 7.17. The number of hydrogen-bond donors (Lipinski definition) is 2. The van der Waals surface area contributed by atoms with Gasteiger partial charge in [0.1, 0.15) is 11.5 Å². The van der Waals surface area contributed by atoms with Crippen LogP contribution in [0.5, 0.6) is 11.5 Å². The summed E-state index contributed by atoms with van der Waals surface area (Å²) in [6.45, 7) is 0.602. The van der Waals surface area contributed by atoms with E-state index in [9.17, 15) is 9.59 Å². The Morgan fingerprint density at radius 1 is 0.970 bits per heavy atom. The topological polar surface area (TPSA) is 83.7 Å². The molecule has 0 bridgehead atoms. The van der Waals surface area contributed by atoms with E-state index in [0.29, 0.717) is 23.4 Å². The zero-order valence-corrected chi connectivity index (χ0v) is 19.2. The molecule has 1 aliphatic rings. The molecule has 1 aromatic heterocycles. The Morgan fingerprint density at radius 2 is 1.67 bits per heavy atom. The van der Waals surface area contributed by atoms with E-state index in [-0.39, 0.29) is 24.2 Å². The van der Waals surface area contributed by atoms with Gasteiger partial charge in [-0.05, 0) is 54.1 Å². The van der Waals surface area contributed by atoms with Gasteiger partial charge in [0.05, 0.1) is 26.3 Å². The van der Waals surface area contributed by atoms with Gasteiger partial charge in [-0.2, -0.15) is 0 Å². The van der Waals surface area contributed by atoms with Crippen LogP contribution in [0.2, 0.25) is 0 Å². The van der Waals surface area contributed by atoms with Crippen LogP contribution < -0.4 is 20.3 Å². The first-order chi connectivity index (χ1) is 16.1. The van der Waals surface area contributed by atoms with Gasteiger partial charge < -0.3 is 24.7 Å². The third-order valence-electron chi connectivity index (χ3n) is 6.24. The highest BCUT2D eigenvalue weighted by atomic mass is 16.5. The highest BCUT2D eigenvalue weighted by Crippen LogP contribution is 2.21. The number of nitrogens with zero attached hydrogens (tertiary/aromatic N) is 1. The van der Waals surface area contributed by atoms with E-state index < -0.39 is 0 Å². The van der Waals surface area contributed by atoms with Crippen LogP contribution >= 0.6 is 0 Å². The number of hydrogen-bond acceptors (Lipinski definition) is 4. The molecular formula is C26H31N3O4. The molecule has 174 valence electrons. The number of fused-ring (bicyclic) bond motifs is 1. The standard InChI is InChI=1S/C26H31N3O4/c1-32-22-11-8-18(9-12-22)16-29(26(31)27-21-6-4-3-5-7-21)17-20-14-19-10-13-23(33-2)15-24(19)28-25(20)30/h8-15,21H,3-7,16-17H2,1-2H3,(H,27,31)(H,28,30). The Bertz CT molecular complexity index is 1150. The van der Waals surface area contributed by atoms with E-state index in [1.165, 1.54) is 6.42 Å². The highest BCUT2D eigenvalue weighted by Gasteiger charge is 2.21. The lowest BCUT2D eigenvalue weighted by molar-refractivity contribution is 0.184. The van der Waals surface area contributed by atoms with Crippen LogP contribution in [0.3, 0.4) is 0 Å². The second-order valence-electron chi connectivity index (χ2n) is 8.57. The molecule has 1 saturated carbocycles. The SMILES string of the molecule is COc1ccc(CN(Cc2cc3ccc(OC)cc3[nH]c2=O)C(=O)NC2CCCCC2)cc1. The number of rotatable bonds is 7. The number of carbonyl (C=O) groups excluding carboxylic acids is 1. The summed E-state index contributed by atoms with van der Waals surface area (Å²) in [5.74, 6) is 1.44. The van der Waals surface area contributed by atoms with Crippen LogP contribution in [0.25, 0.3) is 10.9 Å². The van der Waals surface area contributed by atoms with E-state index in [0.717, 1.165) is 42.4 Å². The molecule has 1 aliphatic carbocycles. The zero-order valence-electron chi connectivity index (χ0n) is 19.2. The molecule has 4 rings (SSSR count). The Labute approximate surface area is 193 Å². The number of ether oxygens (including phenoxy) is 2. The Hall–Kier alpha value is -3.48. The molecule has 0 spiro atoms. The molecule has 0 unspecified atom stereocenters. The zero-order chi connectivity index (χ0) is 23.2. The minimum absolute atomic E-state index is 0.146. The van der Waals surface area contributed by atoms with E-state index in [1.807, 2.05) is 42.5 Å². The number of nitrogens with one attached hydrogen (secondary N) is 2. The first kappa shape index (κ1) is 22.7. The van der Waals surface area contributed by atoms with Crippen molar-refractivity contribution in [2.24, 2.45) is 0 Å². The largest absolute Gasteiger partial charge is 0.497 e. The summed E-state index contributed by atoms with van der Waals surface area (Å²) < 4.78 is 10.5. The van der Waals surface area contributed by atoms with Gasteiger partial charge in [0.25, 0.3) is 5.56 Å². The molecule has 2 aromatic carbocycles. The van der Waals surface area contributed by atoms with Crippen molar-refractivity contribution in [3.8, 4) is 11.5 Å². The van der Waals surface area contributed by atoms with Gasteiger partial charge in [-0.15, -0.1) is 0 Å². The van der Waals surface area contributed by atoms with E-state index >= 15 is 0 Å². The average Bonchev–Trinajstić information content (AvgIpc) is 2.84. The van der Waals surface area contributed by atoms with Gasteiger partial charge in [0.15, 0.2) is 0 Å². The number of aromatic amines is 1. The number of urea groups is 1. The normalized spacial score (nSPS) is 14.1. The monoisotopic (exact) mass is 449 g/mol. The lowest BCUT2D eigenvalue weighted by Gasteiger charge is -2.28. The number of pyridine rings is 1. The minimum atomic E-state index is -0.207. The van der Waals surface area contributed by atoms with Crippen LogP contribution in [0.1, 0.15) is 43.2 Å². The van der Waals surface area contributed by atoms with Gasteiger partial charge in [0.2, 0.25) is 0 Å². The second kappa shape index (κ2) is 10.4. The summed E-state index contributed by atoms with van der Waals surface area (Å²) in [6, 6.07) is 15.1. The molecule has 1 fully saturated rings. The number of aromatic nitrogens is 1.